The Balaban J connectivity index is 1.77. The number of carbonyl (C=O) groups excluding carboxylic acids is 1. The van der Waals surface area contributed by atoms with Gasteiger partial charge in [0.1, 0.15) is 5.75 Å². The van der Waals surface area contributed by atoms with Gasteiger partial charge in [-0.3, -0.25) is 10.2 Å². The second kappa shape index (κ2) is 10.3. The molecule has 0 spiro atoms. The second-order valence-electron chi connectivity index (χ2n) is 9.52. The molecule has 0 saturated heterocycles. The molecule has 0 saturated carbocycles. The topological polar surface area (TPSA) is 71.0 Å². The molecule has 5 heteroatoms. The van der Waals surface area contributed by atoms with E-state index in [0.717, 1.165) is 40.6 Å². The van der Waals surface area contributed by atoms with E-state index < -0.39 is 0 Å². The Labute approximate surface area is 207 Å². The van der Waals surface area contributed by atoms with Gasteiger partial charge in [-0.2, -0.15) is 0 Å². The number of benzene rings is 3. The van der Waals surface area contributed by atoms with E-state index in [4.69, 9.17) is 5.41 Å². The van der Waals surface area contributed by atoms with Crippen molar-refractivity contribution < 1.29 is 9.90 Å². The van der Waals surface area contributed by atoms with Crippen molar-refractivity contribution >= 4 is 16.8 Å². The van der Waals surface area contributed by atoms with Crippen LogP contribution in [0.3, 0.4) is 0 Å². The number of Topliss-reactive ketones (excluding diaryl/α,β-unsaturated/α-hetero) is 1. The maximum Gasteiger partial charge on any atom is 0.203 e. The van der Waals surface area contributed by atoms with E-state index in [2.05, 4.69) is 27.7 Å². The number of aromatic nitrogens is 2. The molecule has 2 atom stereocenters. The lowest BCUT2D eigenvalue weighted by Crippen LogP contribution is -2.27. The zero-order valence-corrected chi connectivity index (χ0v) is 21.1. The first-order valence-corrected chi connectivity index (χ1v) is 12.5. The quantitative estimate of drug-likeness (QED) is 0.272. The Morgan fingerprint density at radius 3 is 1.91 bits per heavy atom. The highest BCUT2D eigenvalue weighted by Crippen LogP contribution is 2.37. The SMILES string of the molecule is CCC(C)c1cc(C(=O)Cn2c(=N)n(Cc3ccccc3)c3ccccc32)cc(C(C)CC)c1O. The van der Waals surface area contributed by atoms with Crippen molar-refractivity contribution in [1.29, 1.82) is 5.41 Å². The van der Waals surface area contributed by atoms with Crippen LogP contribution >= 0.6 is 0 Å². The lowest BCUT2D eigenvalue weighted by molar-refractivity contribution is 0.0971. The Morgan fingerprint density at radius 2 is 1.37 bits per heavy atom. The van der Waals surface area contributed by atoms with Crippen LogP contribution in [0.1, 0.15) is 79.4 Å². The molecule has 0 bridgehead atoms. The number of hydrogen-bond acceptors (Lipinski definition) is 3. The fourth-order valence-electron chi connectivity index (χ4n) is 4.65. The second-order valence-corrected chi connectivity index (χ2v) is 9.52. The summed E-state index contributed by atoms with van der Waals surface area (Å²) in [5, 5.41) is 19.9. The third-order valence-electron chi connectivity index (χ3n) is 7.24. The minimum Gasteiger partial charge on any atom is -0.507 e. The summed E-state index contributed by atoms with van der Waals surface area (Å²) in [6.45, 7) is 8.98. The van der Waals surface area contributed by atoms with Crippen LogP contribution in [0, 0.1) is 5.41 Å². The van der Waals surface area contributed by atoms with Gasteiger partial charge in [0.2, 0.25) is 5.62 Å². The van der Waals surface area contributed by atoms with Gasteiger partial charge < -0.3 is 14.2 Å². The number of phenolic OH excluding ortho intramolecular Hbond substituents is 1. The molecule has 2 N–H and O–H groups in total. The van der Waals surface area contributed by atoms with E-state index in [9.17, 15) is 9.90 Å². The molecule has 0 aliphatic rings. The van der Waals surface area contributed by atoms with E-state index in [-0.39, 0.29) is 24.2 Å². The summed E-state index contributed by atoms with van der Waals surface area (Å²) in [4.78, 5) is 13.6. The van der Waals surface area contributed by atoms with Crippen molar-refractivity contribution in [2.24, 2.45) is 0 Å². The molecule has 1 heterocycles. The monoisotopic (exact) mass is 469 g/mol. The molecule has 2 unspecified atom stereocenters. The third-order valence-corrected chi connectivity index (χ3v) is 7.24. The molecule has 0 radical (unpaired) electrons. The van der Waals surface area contributed by atoms with Crippen LogP contribution < -0.4 is 5.62 Å². The summed E-state index contributed by atoms with van der Waals surface area (Å²) in [6.07, 6.45) is 1.76. The van der Waals surface area contributed by atoms with Gasteiger partial charge in [0, 0.05) is 5.56 Å². The number of nitrogens with zero attached hydrogens (tertiary/aromatic N) is 2. The highest BCUT2D eigenvalue weighted by atomic mass is 16.3. The normalized spacial score (nSPS) is 13.1. The van der Waals surface area contributed by atoms with Crippen LogP contribution in [0.5, 0.6) is 5.75 Å². The smallest absolute Gasteiger partial charge is 0.203 e. The Bertz CT molecular complexity index is 1370. The van der Waals surface area contributed by atoms with E-state index in [1.165, 1.54) is 0 Å². The molecular formula is C30H35N3O2. The average molecular weight is 470 g/mol. The van der Waals surface area contributed by atoms with Gasteiger partial charge in [-0.1, -0.05) is 70.2 Å². The van der Waals surface area contributed by atoms with Crippen LogP contribution in [0.15, 0.2) is 66.7 Å². The van der Waals surface area contributed by atoms with Crippen molar-refractivity contribution in [2.45, 2.75) is 65.5 Å². The van der Waals surface area contributed by atoms with E-state index >= 15 is 0 Å². The summed E-state index contributed by atoms with van der Waals surface area (Å²) in [5.74, 6) is 0.564. The van der Waals surface area contributed by atoms with Crippen LogP contribution in [-0.4, -0.2) is 20.0 Å². The highest BCUT2D eigenvalue weighted by Gasteiger charge is 2.21. The van der Waals surface area contributed by atoms with Gasteiger partial charge in [-0.25, -0.2) is 0 Å². The number of carbonyl (C=O) groups is 1. The fourth-order valence-corrected chi connectivity index (χ4v) is 4.65. The minimum absolute atomic E-state index is 0.0554. The molecule has 0 aliphatic heterocycles. The summed E-state index contributed by atoms with van der Waals surface area (Å²) in [6, 6.07) is 21.7. The third kappa shape index (κ3) is 4.81. The zero-order chi connectivity index (χ0) is 25.1. The molecule has 4 rings (SSSR count). The first kappa shape index (κ1) is 24.5. The molecule has 35 heavy (non-hydrogen) atoms. The number of rotatable bonds is 9. The number of hydrogen-bond donors (Lipinski definition) is 2. The largest absolute Gasteiger partial charge is 0.507 e. The molecule has 4 aromatic rings. The summed E-state index contributed by atoms with van der Waals surface area (Å²) >= 11 is 0. The molecule has 0 aliphatic carbocycles. The maximum absolute atomic E-state index is 13.6. The molecule has 0 amide bonds. The van der Waals surface area contributed by atoms with E-state index in [1.54, 1.807) is 4.57 Å². The van der Waals surface area contributed by atoms with Crippen molar-refractivity contribution in [3.05, 3.63) is 94.6 Å². The summed E-state index contributed by atoms with van der Waals surface area (Å²) < 4.78 is 3.74. The van der Waals surface area contributed by atoms with E-state index in [1.807, 2.05) is 71.3 Å². The number of aromatic hydroxyl groups is 1. The van der Waals surface area contributed by atoms with Crippen molar-refractivity contribution in [1.82, 2.24) is 9.13 Å². The average Bonchev–Trinajstić information content (AvgIpc) is 3.14. The first-order chi connectivity index (χ1) is 16.8. The van der Waals surface area contributed by atoms with Crippen molar-refractivity contribution in [2.75, 3.05) is 0 Å². The van der Waals surface area contributed by atoms with Crippen LogP contribution in [0.4, 0.5) is 0 Å². The van der Waals surface area contributed by atoms with Crippen LogP contribution in [0.2, 0.25) is 0 Å². The predicted octanol–water partition coefficient (Wildman–Crippen LogP) is 6.59. The van der Waals surface area contributed by atoms with Gasteiger partial charge in [0.25, 0.3) is 0 Å². The number of fused-ring (bicyclic) bond motifs is 1. The molecule has 182 valence electrons. The van der Waals surface area contributed by atoms with Gasteiger partial charge in [0.15, 0.2) is 5.78 Å². The Hall–Kier alpha value is -3.60. The molecule has 1 aromatic heterocycles. The number of nitrogens with one attached hydrogen (secondary N) is 1. The summed E-state index contributed by atoms with van der Waals surface area (Å²) in [7, 11) is 0. The molecule has 3 aromatic carbocycles. The maximum atomic E-state index is 13.6. The number of para-hydroxylation sites is 2. The number of phenols is 1. The van der Waals surface area contributed by atoms with Gasteiger partial charge in [-0.15, -0.1) is 0 Å². The molecular weight excluding hydrogens is 434 g/mol. The fraction of sp³-hybridized carbons (Fsp3) is 0.333. The van der Waals surface area contributed by atoms with Gasteiger partial charge in [-0.05, 0) is 65.6 Å². The summed E-state index contributed by atoms with van der Waals surface area (Å²) in [5.41, 5.74) is 5.46. The van der Waals surface area contributed by atoms with Crippen LogP contribution in [-0.2, 0) is 13.1 Å². The standard InChI is InChI=1S/C30H35N3O2/c1-5-20(3)24-16-23(17-25(29(24)35)21(4)6-2)28(34)19-33-27-15-11-10-14-26(27)32(30(33)31)18-22-12-8-7-9-13-22/h7-17,20-21,31,35H,5-6,18-19H2,1-4H3. The van der Waals surface area contributed by atoms with Crippen LogP contribution in [0.25, 0.3) is 11.0 Å². The van der Waals surface area contributed by atoms with Gasteiger partial charge >= 0.3 is 0 Å². The molecule has 0 fully saturated rings. The number of ketones is 1. The predicted molar refractivity (Wildman–Crippen MR) is 141 cm³/mol. The Morgan fingerprint density at radius 1 is 0.857 bits per heavy atom. The van der Waals surface area contributed by atoms with Crippen molar-refractivity contribution in [3.63, 3.8) is 0 Å². The Kier molecular flexibility index (Phi) is 7.25. The first-order valence-electron chi connectivity index (χ1n) is 12.5. The number of imidazole rings is 1. The van der Waals surface area contributed by atoms with Crippen molar-refractivity contribution in [3.8, 4) is 5.75 Å². The lowest BCUT2D eigenvalue weighted by atomic mass is 9.87. The highest BCUT2D eigenvalue weighted by molar-refractivity contribution is 5.97. The van der Waals surface area contributed by atoms with E-state index in [0.29, 0.717) is 23.5 Å². The van der Waals surface area contributed by atoms with Gasteiger partial charge in [0.05, 0.1) is 24.1 Å². The minimum atomic E-state index is -0.0554. The zero-order valence-electron chi connectivity index (χ0n) is 21.1. The molecule has 5 nitrogen and oxygen atoms in total. The lowest BCUT2D eigenvalue weighted by Gasteiger charge is -2.20.